The number of nitrogens with zero attached hydrogens (tertiary/aromatic N) is 1. The number of aliphatic hydroxyl groups is 1. The molecule has 0 bridgehead atoms. The molecular weight excluding hydrogens is 200 g/mol. The van der Waals surface area contributed by atoms with Crippen molar-refractivity contribution < 1.29 is 5.11 Å². The van der Waals surface area contributed by atoms with E-state index in [0.717, 1.165) is 18.6 Å². The number of aliphatic hydroxyl groups excluding tert-OH is 1. The first-order valence-corrected chi connectivity index (χ1v) is 6.82. The van der Waals surface area contributed by atoms with Crippen molar-refractivity contribution in [3.05, 3.63) is 0 Å². The van der Waals surface area contributed by atoms with Gasteiger partial charge in [-0.1, -0.05) is 0 Å². The van der Waals surface area contributed by atoms with Gasteiger partial charge in [0.15, 0.2) is 0 Å². The molecule has 1 aliphatic heterocycles. The third-order valence-corrected chi connectivity index (χ3v) is 4.70. The molecule has 2 aliphatic carbocycles. The van der Waals surface area contributed by atoms with E-state index in [4.69, 9.17) is 0 Å². The van der Waals surface area contributed by atoms with Gasteiger partial charge in [0.25, 0.3) is 0 Å². The van der Waals surface area contributed by atoms with Crippen LogP contribution in [0.1, 0.15) is 39.0 Å². The minimum Gasteiger partial charge on any atom is -0.396 e. The van der Waals surface area contributed by atoms with Crippen molar-refractivity contribution in [3.63, 3.8) is 0 Å². The third-order valence-electron chi connectivity index (χ3n) is 4.70. The van der Waals surface area contributed by atoms with Gasteiger partial charge in [-0.15, -0.1) is 0 Å². The second kappa shape index (κ2) is 3.97. The zero-order valence-electron chi connectivity index (χ0n) is 10.3. The number of hydrogen-bond donors (Lipinski definition) is 2. The summed E-state index contributed by atoms with van der Waals surface area (Å²) >= 11 is 0. The van der Waals surface area contributed by atoms with Gasteiger partial charge in [-0.2, -0.15) is 0 Å². The van der Waals surface area contributed by atoms with Crippen LogP contribution in [-0.4, -0.2) is 47.8 Å². The fraction of sp³-hybridized carbons (Fsp3) is 1.00. The van der Waals surface area contributed by atoms with E-state index in [1.165, 1.54) is 38.6 Å². The highest BCUT2D eigenvalue weighted by Crippen LogP contribution is 2.44. The Morgan fingerprint density at radius 1 is 1.38 bits per heavy atom. The molecule has 3 fully saturated rings. The van der Waals surface area contributed by atoms with Crippen LogP contribution in [0.2, 0.25) is 0 Å². The van der Waals surface area contributed by atoms with E-state index < -0.39 is 0 Å². The molecule has 2 saturated carbocycles. The van der Waals surface area contributed by atoms with Crippen LogP contribution >= 0.6 is 0 Å². The first kappa shape index (κ1) is 11.0. The van der Waals surface area contributed by atoms with E-state index in [0.29, 0.717) is 12.6 Å². The molecule has 3 aliphatic rings. The van der Waals surface area contributed by atoms with Crippen LogP contribution in [-0.2, 0) is 0 Å². The van der Waals surface area contributed by atoms with Crippen LogP contribution in [0.25, 0.3) is 0 Å². The van der Waals surface area contributed by atoms with Gasteiger partial charge < -0.3 is 10.4 Å². The van der Waals surface area contributed by atoms with Crippen molar-refractivity contribution in [2.24, 2.45) is 5.41 Å². The molecule has 3 heteroatoms. The maximum Gasteiger partial charge on any atom is 0.0499 e. The summed E-state index contributed by atoms with van der Waals surface area (Å²) in [6, 6.07) is 2.32. The highest BCUT2D eigenvalue weighted by molar-refractivity contribution is 4.99. The highest BCUT2D eigenvalue weighted by Gasteiger charge is 2.43. The van der Waals surface area contributed by atoms with Crippen molar-refractivity contribution in [1.29, 1.82) is 0 Å². The summed E-state index contributed by atoms with van der Waals surface area (Å²) in [6.07, 6.45) is 6.55. The molecule has 92 valence electrons. The van der Waals surface area contributed by atoms with Gasteiger partial charge in [0.05, 0.1) is 0 Å². The lowest BCUT2D eigenvalue weighted by Crippen LogP contribution is -2.37. The van der Waals surface area contributed by atoms with Gasteiger partial charge in [0.1, 0.15) is 0 Å². The molecule has 16 heavy (non-hydrogen) atoms. The summed E-state index contributed by atoms with van der Waals surface area (Å²) in [4.78, 5) is 2.68. The zero-order valence-corrected chi connectivity index (χ0v) is 10.3. The summed E-state index contributed by atoms with van der Waals surface area (Å²) < 4.78 is 0. The SMILES string of the molecule is CC1CC(NCC2(CO)CC2)CN1C1CC1. The quantitative estimate of drug-likeness (QED) is 0.730. The third kappa shape index (κ3) is 2.13. The summed E-state index contributed by atoms with van der Waals surface area (Å²) in [5.41, 5.74) is 0.260. The van der Waals surface area contributed by atoms with Crippen molar-refractivity contribution in [3.8, 4) is 0 Å². The van der Waals surface area contributed by atoms with Crippen molar-refractivity contribution in [1.82, 2.24) is 10.2 Å². The standard InChI is InChI=1S/C13H24N2O/c1-10-6-11(7-15(10)12-2-3-12)14-8-13(9-16)4-5-13/h10-12,14,16H,2-9H2,1H3. The van der Waals surface area contributed by atoms with Crippen LogP contribution in [0, 0.1) is 5.41 Å². The molecule has 3 rings (SSSR count). The zero-order chi connectivity index (χ0) is 11.2. The molecule has 2 N–H and O–H groups in total. The van der Waals surface area contributed by atoms with E-state index in [9.17, 15) is 5.11 Å². The van der Waals surface area contributed by atoms with E-state index in [2.05, 4.69) is 17.1 Å². The Bertz CT molecular complexity index is 261. The fourth-order valence-electron chi connectivity index (χ4n) is 3.05. The Balaban J connectivity index is 1.46. The van der Waals surface area contributed by atoms with Crippen molar-refractivity contribution >= 4 is 0 Å². The smallest absolute Gasteiger partial charge is 0.0499 e. The second-order valence-electron chi connectivity index (χ2n) is 6.25. The second-order valence-corrected chi connectivity index (χ2v) is 6.25. The van der Waals surface area contributed by atoms with Crippen molar-refractivity contribution in [2.75, 3.05) is 19.7 Å². The normalized spacial score (nSPS) is 37.9. The minimum atomic E-state index is 0.260. The summed E-state index contributed by atoms with van der Waals surface area (Å²) in [7, 11) is 0. The Morgan fingerprint density at radius 2 is 2.12 bits per heavy atom. The summed E-state index contributed by atoms with van der Waals surface area (Å²) in [5, 5.41) is 13.0. The van der Waals surface area contributed by atoms with E-state index >= 15 is 0 Å². The predicted octanol–water partition coefficient (Wildman–Crippen LogP) is 0.974. The summed E-state index contributed by atoms with van der Waals surface area (Å²) in [5.74, 6) is 0. The molecule has 0 aromatic rings. The lowest BCUT2D eigenvalue weighted by Gasteiger charge is -2.20. The van der Waals surface area contributed by atoms with Crippen molar-refractivity contribution in [2.45, 2.75) is 57.2 Å². The van der Waals surface area contributed by atoms with Crippen LogP contribution in [0.15, 0.2) is 0 Å². The molecule has 0 radical (unpaired) electrons. The lowest BCUT2D eigenvalue weighted by atomic mass is 10.1. The van der Waals surface area contributed by atoms with Gasteiger partial charge >= 0.3 is 0 Å². The predicted molar refractivity (Wildman–Crippen MR) is 64.4 cm³/mol. The molecule has 0 spiro atoms. The monoisotopic (exact) mass is 224 g/mol. The fourth-order valence-corrected chi connectivity index (χ4v) is 3.05. The van der Waals surface area contributed by atoms with Gasteiger partial charge in [0.2, 0.25) is 0 Å². The van der Waals surface area contributed by atoms with E-state index in [1.54, 1.807) is 0 Å². The van der Waals surface area contributed by atoms with Gasteiger partial charge in [-0.25, -0.2) is 0 Å². The Labute approximate surface area is 98.2 Å². The minimum absolute atomic E-state index is 0.260. The maximum atomic E-state index is 9.28. The number of likely N-dealkylation sites (tertiary alicyclic amines) is 1. The Kier molecular flexibility index (Phi) is 2.73. The van der Waals surface area contributed by atoms with Gasteiger partial charge in [-0.3, -0.25) is 4.90 Å². The van der Waals surface area contributed by atoms with Crippen LogP contribution in [0.3, 0.4) is 0 Å². The first-order chi connectivity index (χ1) is 7.72. The first-order valence-electron chi connectivity index (χ1n) is 6.82. The van der Waals surface area contributed by atoms with E-state index in [-0.39, 0.29) is 5.41 Å². The molecule has 0 aromatic heterocycles. The number of nitrogens with one attached hydrogen (secondary N) is 1. The molecule has 0 aromatic carbocycles. The number of rotatable bonds is 5. The van der Waals surface area contributed by atoms with Gasteiger partial charge in [-0.05, 0) is 39.0 Å². The molecule has 3 nitrogen and oxygen atoms in total. The molecule has 1 saturated heterocycles. The van der Waals surface area contributed by atoms with Gasteiger partial charge in [0, 0.05) is 43.2 Å². The topological polar surface area (TPSA) is 35.5 Å². The average Bonchev–Trinajstić information content (AvgIpc) is 3.18. The van der Waals surface area contributed by atoms with Crippen LogP contribution in [0.4, 0.5) is 0 Å². The molecule has 1 heterocycles. The largest absolute Gasteiger partial charge is 0.396 e. The lowest BCUT2D eigenvalue weighted by molar-refractivity contribution is 0.203. The molecule has 0 amide bonds. The Morgan fingerprint density at radius 3 is 2.69 bits per heavy atom. The summed E-state index contributed by atoms with van der Waals surface area (Å²) in [6.45, 7) is 4.99. The highest BCUT2D eigenvalue weighted by atomic mass is 16.3. The molecule has 2 unspecified atom stereocenters. The molecular formula is C13H24N2O. The average molecular weight is 224 g/mol. The van der Waals surface area contributed by atoms with Crippen LogP contribution < -0.4 is 5.32 Å². The maximum absolute atomic E-state index is 9.28. The molecule has 2 atom stereocenters. The van der Waals surface area contributed by atoms with Crippen LogP contribution in [0.5, 0.6) is 0 Å². The number of hydrogen-bond acceptors (Lipinski definition) is 3. The Hall–Kier alpha value is -0.120. The van der Waals surface area contributed by atoms with E-state index in [1.807, 2.05) is 0 Å².